The van der Waals surface area contributed by atoms with Crippen LogP contribution in [-0.4, -0.2) is 8.80 Å². The molecule has 330 valence electrons. The van der Waals surface area contributed by atoms with E-state index in [1.807, 2.05) is 0 Å². The molecule has 13 rings (SSSR count). The van der Waals surface area contributed by atoms with E-state index in [1.165, 1.54) is 110 Å². The van der Waals surface area contributed by atoms with Crippen molar-refractivity contribution in [1.29, 1.82) is 0 Å². The standard InChI is InChI=1S/C64H54N4/c1-39-25-29-43(30-26-39)65(41-17-11-9-12-18-41)53-35-33-45-49-37-56-50(38-55(49)67-59-47(57(53)61(45)67)21-15-23-51(59)63(3,4)5)46-34-36-54(66(42-19-13-10-14-20-42)44-31-27-40(2)28-32-44)58-48-22-16-24-52(64(6,7)8)60(48)68(56)62(46)58/h9-38H,1-8H3. The van der Waals surface area contributed by atoms with Gasteiger partial charge in [0.05, 0.1) is 44.5 Å². The SMILES string of the molecule is Cc1ccc(N(c2ccccc2)c2ccc3c4cc5c(cc4n4c6c(C(C)(C)C)cccc6c2c34)c2ccc(N(c3ccccc3)c3ccc(C)cc3)c3c4cccc(C(C)(C)C)c4n5c23)cc1. The van der Waals surface area contributed by atoms with E-state index in [2.05, 4.69) is 256 Å². The number of fused-ring (bicyclic) bond motifs is 12. The molecule has 0 saturated carbocycles. The van der Waals surface area contributed by atoms with Crippen molar-refractivity contribution in [3.8, 4) is 0 Å². The first-order valence-electron chi connectivity index (χ1n) is 24.1. The van der Waals surface area contributed by atoms with E-state index in [4.69, 9.17) is 0 Å². The van der Waals surface area contributed by atoms with Crippen LogP contribution in [0.3, 0.4) is 0 Å². The molecule has 0 bridgehead atoms. The molecule has 0 aliphatic carbocycles. The Balaban J connectivity index is 1.19. The fourth-order valence-electron chi connectivity index (χ4n) is 11.6. The molecule has 0 aliphatic rings. The largest absolute Gasteiger partial charge is 0.310 e. The highest BCUT2D eigenvalue weighted by atomic mass is 15.2. The third-order valence-electron chi connectivity index (χ3n) is 14.7. The van der Waals surface area contributed by atoms with E-state index in [0.717, 1.165) is 22.7 Å². The summed E-state index contributed by atoms with van der Waals surface area (Å²) in [5.41, 5.74) is 19.5. The number of rotatable bonds is 6. The lowest BCUT2D eigenvalue weighted by molar-refractivity contribution is 0.594. The smallest absolute Gasteiger partial charge is 0.0641 e. The molecule has 9 aromatic carbocycles. The zero-order chi connectivity index (χ0) is 46.4. The average Bonchev–Trinajstić information content (AvgIpc) is 4.06. The second kappa shape index (κ2) is 14.3. The molecule has 13 aromatic rings. The van der Waals surface area contributed by atoms with E-state index in [-0.39, 0.29) is 10.8 Å². The van der Waals surface area contributed by atoms with Crippen LogP contribution in [0.25, 0.3) is 76.2 Å². The summed E-state index contributed by atoms with van der Waals surface area (Å²) in [5, 5.41) is 10.2. The topological polar surface area (TPSA) is 15.3 Å². The molecular weight excluding hydrogens is 825 g/mol. The maximum absolute atomic E-state index is 2.63. The molecule has 0 N–H and O–H groups in total. The lowest BCUT2D eigenvalue weighted by Crippen LogP contribution is -2.12. The van der Waals surface area contributed by atoms with Crippen molar-refractivity contribution in [2.24, 2.45) is 0 Å². The Bertz CT molecular complexity index is 3820. The molecule has 4 aromatic heterocycles. The van der Waals surface area contributed by atoms with Crippen molar-refractivity contribution in [2.45, 2.75) is 66.2 Å². The van der Waals surface area contributed by atoms with E-state index >= 15 is 0 Å². The Morgan fingerprint density at radius 2 is 0.691 bits per heavy atom. The Labute approximate surface area is 397 Å². The Morgan fingerprint density at radius 3 is 1.06 bits per heavy atom. The minimum atomic E-state index is -0.103. The van der Waals surface area contributed by atoms with E-state index in [9.17, 15) is 0 Å². The molecule has 0 fully saturated rings. The third-order valence-corrected chi connectivity index (χ3v) is 14.7. The quantitative estimate of drug-likeness (QED) is 0.165. The summed E-state index contributed by atoms with van der Waals surface area (Å²) in [7, 11) is 0. The van der Waals surface area contributed by atoms with Crippen LogP contribution in [0.15, 0.2) is 182 Å². The van der Waals surface area contributed by atoms with Gasteiger partial charge in [0.1, 0.15) is 0 Å². The van der Waals surface area contributed by atoms with Gasteiger partial charge in [-0.25, -0.2) is 0 Å². The van der Waals surface area contributed by atoms with Gasteiger partial charge in [-0.2, -0.15) is 0 Å². The predicted molar refractivity (Wildman–Crippen MR) is 292 cm³/mol. The molecule has 0 aliphatic heterocycles. The first-order valence-corrected chi connectivity index (χ1v) is 24.1. The molecule has 0 saturated heterocycles. The van der Waals surface area contributed by atoms with Crippen molar-refractivity contribution in [1.82, 2.24) is 8.80 Å². The van der Waals surface area contributed by atoms with Crippen LogP contribution in [0.5, 0.6) is 0 Å². The van der Waals surface area contributed by atoms with Gasteiger partial charge in [-0.05, 0) is 109 Å². The summed E-state index contributed by atoms with van der Waals surface area (Å²) < 4.78 is 5.26. The summed E-state index contributed by atoms with van der Waals surface area (Å²) in [5.74, 6) is 0. The minimum Gasteiger partial charge on any atom is -0.310 e. The van der Waals surface area contributed by atoms with Gasteiger partial charge in [-0.15, -0.1) is 0 Å². The van der Waals surface area contributed by atoms with Crippen molar-refractivity contribution < 1.29 is 0 Å². The highest BCUT2D eigenvalue weighted by Gasteiger charge is 2.31. The monoisotopic (exact) mass is 878 g/mol. The summed E-state index contributed by atoms with van der Waals surface area (Å²) in [6.45, 7) is 18.5. The maximum Gasteiger partial charge on any atom is 0.0641 e. The molecule has 0 amide bonds. The summed E-state index contributed by atoms with van der Waals surface area (Å²) in [4.78, 5) is 4.91. The number of aromatic nitrogens is 2. The van der Waals surface area contributed by atoms with Crippen LogP contribution < -0.4 is 9.80 Å². The van der Waals surface area contributed by atoms with E-state index in [0.29, 0.717) is 0 Å². The molecule has 0 spiro atoms. The molecule has 0 unspecified atom stereocenters. The van der Waals surface area contributed by atoms with E-state index in [1.54, 1.807) is 0 Å². The Morgan fingerprint density at radius 1 is 0.324 bits per heavy atom. The van der Waals surface area contributed by atoms with Crippen LogP contribution in [-0.2, 0) is 10.8 Å². The van der Waals surface area contributed by atoms with Crippen LogP contribution in [0, 0.1) is 13.8 Å². The van der Waals surface area contributed by atoms with Crippen molar-refractivity contribution in [3.05, 3.63) is 204 Å². The molecule has 68 heavy (non-hydrogen) atoms. The zero-order valence-electron chi connectivity index (χ0n) is 40.1. The summed E-state index contributed by atoms with van der Waals surface area (Å²) in [6.07, 6.45) is 0. The van der Waals surface area contributed by atoms with Gasteiger partial charge in [0.25, 0.3) is 0 Å². The minimum absolute atomic E-state index is 0.103. The second-order valence-corrected chi connectivity index (χ2v) is 21.2. The van der Waals surface area contributed by atoms with Crippen LogP contribution in [0.1, 0.15) is 63.8 Å². The fourth-order valence-corrected chi connectivity index (χ4v) is 11.6. The fraction of sp³-hybridized carbons (Fsp3) is 0.156. The number of benzene rings is 9. The van der Waals surface area contributed by atoms with Crippen LogP contribution >= 0.6 is 0 Å². The number of anilines is 6. The number of aryl methyl sites for hydroxylation is 2. The molecule has 0 radical (unpaired) electrons. The predicted octanol–water partition coefficient (Wildman–Crippen LogP) is 18.1. The molecule has 4 nitrogen and oxygen atoms in total. The van der Waals surface area contributed by atoms with Gasteiger partial charge in [0, 0.05) is 65.8 Å². The second-order valence-electron chi connectivity index (χ2n) is 21.2. The van der Waals surface area contributed by atoms with Gasteiger partial charge < -0.3 is 18.6 Å². The third kappa shape index (κ3) is 5.73. The zero-order valence-corrected chi connectivity index (χ0v) is 40.1. The molecular formula is C64H54N4. The Kier molecular flexibility index (Phi) is 8.53. The maximum atomic E-state index is 2.63. The summed E-state index contributed by atoms with van der Waals surface area (Å²) >= 11 is 0. The van der Waals surface area contributed by atoms with Gasteiger partial charge in [-0.3, -0.25) is 0 Å². The van der Waals surface area contributed by atoms with Gasteiger partial charge in [0.15, 0.2) is 0 Å². The molecule has 4 heteroatoms. The van der Waals surface area contributed by atoms with Gasteiger partial charge in [-0.1, -0.05) is 162 Å². The number of hydrogen-bond acceptors (Lipinski definition) is 2. The number of para-hydroxylation sites is 4. The molecule has 0 atom stereocenters. The van der Waals surface area contributed by atoms with Crippen molar-refractivity contribution in [2.75, 3.05) is 9.80 Å². The number of nitrogens with zero attached hydrogens (tertiary/aromatic N) is 4. The van der Waals surface area contributed by atoms with Gasteiger partial charge >= 0.3 is 0 Å². The number of hydrogen-bond donors (Lipinski definition) is 0. The van der Waals surface area contributed by atoms with Gasteiger partial charge in [0.2, 0.25) is 0 Å². The molecule has 4 heterocycles. The first kappa shape index (κ1) is 40.5. The average molecular weight is 879 g/mol. The highest BCUT2D eigenvalue weighted by Crippen LogP contribution is 2.53. The summed E-state index contributed by atoms with van der Waals surface area (Å²) in [6, 6.07) is 68.2. The van der Waals surface area contributed by atoms with E-state index < -0.39 is 0 Å². The van der Waals surface area contributed by atoms with Crippen LogP contribution in [0.4, 0.5) is 34.1 Å². The normalized spacial score (nSPS) is 12.7. The highest BCUT2D eigenvalue weighted by molar-refractivity contribution is 6.32. The lowest BCUT2D eigenvalue weighted by atomic mass is 9.85. The van der Waals surface area contributed by atoms with Crippen molar-refractivity contribution in [3.63, 3.8) is 0 Å². The lowest BCUT2D eigenvalue weighted by Gasteiger charge is -2.26. The first-order chi connectivity index (χ1) is 32.9. The van der Waals surface area contributed by atoms with Crippen LogP contribution in [0.2, 0.25) is 0 Å². The van der Waals surface area contributed by atoms with Crippen molar-refractivity contribution >= 4 is 110 Å². The Hall–Kier alpha value is -7.82.